The van der Waals surface area contributed by atoms with Crippen LogP contribution in [0, 0.1) is 5.92 Å². The highest BCUT2D eigenvalue weighted by Gasteiger charge is 2.24. The van der Waals surface area contributed by atoms with Gasteiger partial charge in [-0.05, 0) is 18.4 Å². The minimum Gasteiger partial charge on any atom is -0.497 e. The van der Waals surface area contributed by atoms with Crippen LogP contribution in [0.4, 0.5) is 10.5 Å². The number of hydrogen-bond acceptors (Lipinski definition) is 4. The van der Waals surface area contributed by atoms with E-state index < -0.39 is 0 Å². The predicted octanol–water partition coefficient (Wildman–Crippen LogP) is 4.16. The van der Waals surface area contributed by atoms with Crippen LogP contribution in [-0.4, -0.2) is 44.8 Å². The lowest BCUT2D eigenvalue weighted by Crippen LogP contribution is -2.43. The Bertz CT molecular complexity index is 744. The number of anilines is 1. The third kappa shape index (κ3) is 5.63. The summed E-state index contributed by atoms with van der Waals surface area (Å²) in [6.45, 7) is 2.71. The van der Waals surface area contributed by atoms with Crippen LogP contribution in [0.2, 0.25) is 0 Å². The van der Waals surface area contributed by atoms with Crippen LogP contribution in [-0.2, 0) is 11.3 Å². The number of rotatable bonds is 7. The normalized spacial score (nSPS) is 16.5. The number of nitrogens with zero attached hydrogens (tertiary/aromatic N) is 1. The average molecular weight is 384 g/mol. The number of carbonyl (C=O) groups is 1. The molecule has 0 saturated carbocycles. The van der Waals surface area contributed by atoms with Crippen molar-refractivity contribution in [2.45, 2.75) is 19.4 Å². The number of likely N-dealkylation sites (tertiary alicyclic amines) is 1. The molecule has 1 fully saturated rings. The van der Waals surface area contributed by atoms with Crippen molar-refractivity contribution in [2.24, 2.45) is 5.92 Å². The van der Waals surface area contributed by atoms with E-state index in [2.05, 4.69) is 17.4 Å². The number of urea groups is 1. The standard InChI is InChI=1S/C22H28N2O4/c1-26-20-11-19(12-21(13-20)27-2)23-22(25)24-10-6-9-18(14-24)16-28-15-17-7-4-3-5-8-17/h3-5,7-8,11-13,18H,6,9-10,14-16H2,1-2H3,(H,23,25). The third-order valence-electron chi connectivity index (χ3n) is 4.87. The van der Waals surface area contributed by atoms with Crippen LogP contribution >= 0.6 is 0 Å². The van der Waals surface area contributed by atoms with Crippen LogP contribution in [0.5, 0.6) is 11.5 Å². The molecular formula is C22H28N2O4. The molecule has 0 aliphatic carbocycles. The van der Waals surface area contributed by atoms with Crippen molar-refractivity contribution in [1.29, 1.82) is 0 Å². The van der Waals surface area contributed by atoms with Crippen molar-refractivity contribution in [3.05, 3.63) is 54.1 Å². The maximum atomic E-state index is 12.7. The zero-order valence-electron chi connectivity index (χ0n) is 16.5. The molecule has 1 aliphatic heterocycles. The molecule has 1 aliphatic rings. The molecule has 6 nitrogen and oxygen atoms in total. The maximum absolute atomic E-state index is 12.7. The summed E-state index contributed by atoms with van der Waals surface area (Å²) in [6, 6.07) is 15.4. The van der Waals surface area contributed by atoms with Gasteiger partial charge in [-0.2, -0.15) is 0 Å². The lowest BCUT2D eigenvalue weighted by atomic mass is 9.99. The van der Waals surface area contributed by atoms with Gasteiger partial charge in [0.15, 0.2) is 0 Å². The van der Waals surface area contributed by atoms with Crippen molar-refractivity contribution >= 4 is 11.7 Å². The summed E-state index contributed by atoms with van der Waals surface area (Å²) in [6.07, 6.45) is 2.06. The molecule has 1 N–H and O–H groups in total. The second-order valence-electron chi connectivity index (χ2n) is 6.99. The zero-order chi connectivity index (χ0) is 19.8. The first-order valence-electron chi connectivity index (χ1n) is 9.58. The summed E-state index contributed by atoms with van der Waals surface area (Å²) in [5, 5.41) is 2.95. The lowest BCUT2D eigenvalue weighted by Gasteiger charge is -2.32. The molecular weight excluding hydrogens is 356 g/mol. The molecule has 1 atom stereocenters. The van der Waals surface area contributed by atoms with E-state index in [0.29, 0.717) is 42.9 Å². The van der Waals surface area contributed by atoms with E-state index in [1.54, 1.807) is 32.4 Å². The van der Waals surface area contributed by atoms with Gasteiger partial charge in [-0.15, -0.1) is 0 Å². The highest BCUT2D eigenvalue weighted by atomic mass is 16.5. The van der Waals surface area contributed by atoms with Gasteiger partial charge in [-0.1, -0.05) is 30.3 Å². The van der Waals surface area contributed by atoms with Crippen LogP contribution < -0.4 is 14.8 Å². The average Bonchev–Trinajstić information content (AvgIpc) is 2.74. The number of nitrogens with one attached hydrogen (secondary N) is 1. The number of amides is 2. The first-order valence-corrected chi connectivity index (χ1v) is 9.58. The molecule has 1 heterocycles. The highest BCUT2D eigenvalue weighted by molar-refractivity contribution is 5.90. The molecule has 1 unspecified atom stereocenters. The first kappa shape index (κ1) is 20.0. The van der Waals surface area contributed by atoms with Gasteiger partial charge in [0.1, 0.15) is 11.5 Å². The van der Waals surface area contributed by atoms with E-state index in [1.165, 1.54) is 5.56 Å². The van der Waals surface area contributed by atoms with Gasteiger partial charge in [-0.25, -0.2) is 4.79 Å². The third-order valence-corrected chi connectivity index (χ3v) is 4.87. The summed E-state index contributed by atoms with van der Waals surface area (Å²) in [7, 11) is 3.18. The molecule has 0 radical (unpaired) electrons. The molecule has 2 amide bonds. The number of piperidine rings is 1. The molecule has 6 heteroatoms. The largest absolute Gasteiger partial charge is 0.497 e. The molecule has 2 aromatic rings. The molecule has 3 rings (SSSR count). The van der Waals surface area contributed by atoms with E-state index in [4.69, 9.17) is 14.2 Å². The number of carbonyl (C=O) groups excluding carboxylic acids is 1. The Kier molecular flexibility index (Phi) is 7.14. The van der Waals surface area contributed by atoms with Crippen molar-refractivity contribution in [3.8, 4) is 11.5 Å². The number of hydrogen-bond donors (Lipinski definition) is 1. The number of benzene rings is 2. The van der Waals surface area contributed by atoms with E-state index in [0.717, 1.165) is 19.4 Å². The molecule has 150 valence electrons. The number of methoxy groups -OCH3 is 2. The Hall–Kier alpha value is -2.73. The smallest absolute Gasteiger partial charge is 0.321 e. The summed E-state index contributed by atoms with van der Waals surface area (Å²) in [5.41, 5.74) is 1.82. The van der Waals surface area contributed by atoms with Gasteiger partial charge in [0.25, 0.3) is 0 Å². The van der Waals surface area contributed by atoms with Crippen molar-refractivity contribution < 1.29 is 19.0 Å². The minimum atomic E-state index is -0.108. The first-order chi connectivity index (χ1) is 13.7. The van der Waals surface area contributed by atoms with Crippen LogP contribution in [0.25, 0.3) is 0 Å². The van der Waals surface area contributed by atoms with Crippen molar-refractivity contribution in [3.63, 3.8) is 0 Å². The van der Waals surface area contributed by atoms with Crippen molar-refractivity contribution in [2.75, 3.05) is 39.2 Å². The van der Waals surface area contributed by atoms with E-state index in [1.807, 2.05) is 23.1 Å². The summed E-state index contributed by atoms with van der Waals surface area (Å²) >= 11 is 0. The highest BCUT2D eigenvalue weighted by Crippen LogP contribution is 2.26. The molecule has 0 bridgehead atoms. The molecule has 2 aromatic carbocycles. The quantitative estimate of drug-likeness (QED) is 0.779. The number of ether oxygens (including phenoxy) is 3. The summed E-state index contributed by atoms with van der Waals surface area (Å²) in [4.78, 5) is 14.6. The van der Waals surface area contributed by atoms with E-state index in [-0.39, 0.29) is 6.03 Å². The van der Waals surface area contributed by atoms with Crippen molar-refractivity contribution in [1.82, 2.24) is 4.90 Å². The Labute approximate surface area is 166 Å². The monoisotopic (exact) mass is 384 g/mol. The van der Waals surface area contributed by atoms with Crippen LogP contribution in [0.3, 0.4) is 0 Å². The van der Waals surface area contributed by atoms with Gasteiger partial charge in [-0.3, -0.25) is 0 Å². The fourth-order valence-electron chi connectivity index (χ4n) is 3.39. The van der Waals surface area contributed by atoms with Crippen LogP contribution in [0.15, 0.2) is 48.5 Å². The molecule has 0 spiro atoms. The summed E-state index contributed by atoms with van der Waals surface area (Å²) < 4.78 is 16.4. The topological polar surface area (TPSA) is 60.0 Å². The summed E-state index contributed by atoms with van der Waals surface area (Å²) in [5.74, 6) is 1.63. The van der Waals surface area contributed by atoms with E-state index >= 15 is 0 Å². The molecule has 1 saturated heterocycles. The zero-order valence-corrected chi connectivity index (χ0v) is 16.5. The Morgan fingerprint density at radius 3 is 2.50 bits per heavy atom. The van der Waals surface area contributed by atoms with Crippen LogP contribution in [0.1, 0.15) is 18.4 Å². The SMILES string of the molecule is COc1cc(NC(=O)N2CCCC(COCc3ccccc3)C2)cc(OC)c1. The fourth-order valence-corrected chi connectivity index (χ4v) is 3.39. The van der Waals surface area contributed by atoms with Gasteiger partial charge >= 0.3 is 6.03 Å². The van der Waals surface area contributed by atoms with Gasteiger partial charge < -0.3 is 24.4 Å². The van der Waals surface area contributed by atoms with Gasteiger partial charge in [0.05, 0.1) is 27.4 Å². The Morgan fingerprint density at radius 1 is 1.11 bits per heavy atom. The maximum Gasteiger partial charge on any atom is 0.321 e. The Morgan fingerprint density at radius 2 is 1.82 bits per heavy atom. The second-order valence-corrected chi connectivity index (χ2v) is 6.99. The van der Waals surface area contributed by atoms with Gasteiger partial charge in [0.2, 0.25) is 0 Å². The molecule has 28 heavy (non-hydrogen) atoms. The predicted molar refractivity (Wildman–Crippen MR) is 109 cm³/mol. The van der Waals surface area contributed by atoms with Gasteiger partial charge in [0, 0.05) is 42.9 Å². The Balaban J connectivity index is 1.51. The lowest BCUT2D eigenvalue weighted by molar-refractivity contribution is 0.0606. The molecule has 0 aromatic heterocycles. The minimum absolute atomic E-state index is 0.108. The fraction of sp³-hybridized carbons (Fsp3) is 0.409. The van der Waals surface area contributed by atoms with E-state index in [9.17, 15) is 4.79 Å². The second kappa shape index (κ2) is 9.99.